The maximum atomic E-state index is 12.1. The molecule has 180 valence electrons. The molecule has 3 aromatic rings. The summed E-state index contributed by atoms with van der Waals surface area (Å²) in [5.41, 5.74) is 0.329. The number of rotatable bonds is 14. The van der Waals surface area contributed by atoms with Crippen LogP contribution in [0.15, 0.2) is 78.9 Å². The van der Waals surface area contributed by atoms with Crippen molar-refractivity contribution in [2.24, 2.45) is 0 Å². The Labute approximate surface area is 202 Å². The topological polar surface area (TPSA) is 54.0 Å². The first-order valence-electron chi connectivity index (χ1n) is 11.9. The summed E-state index contributed by atoms with van der Waals surface area (Å²) in [4.78, 5) is 12.1. The molecular weight excluding hydrogens is 428 g/mol. The van der Waals surface area contributed by atoms with E-state index in [1.165, 1.54) is 19.3 Å². The zero-order valence-corrected chi connectivity index (χ0v) is 20.1. The number of fused-ring (bicyclic) bond motifs is 1. The smallest absolute Gasteiger partial charge is 0.333 e. The quantitative estimate of drug-likeness (QED) is 0.151. The zero-order chi connectivity index (χ0) is 24.2. The van der Waals surface area contributed by atoms with Crippen molar-refractivity contribution in [2.45, 2.75) is 45.6 Å². The molecule has 5 nitrogen and oxygen atoms in total. The molecule has 0 amide bonds. The molecule has 0 saturated heterocycles. The first-order chi connectivity index (χ1) is 16.6. The Morgan fingerprint density at radius 2 is 1.41 bits per heavy atom. The number of esters is 1. The summed E-state index contributed by atoms with van der Waals surface area (Å²) in [6, 6.07) is 21.2. The second kappa shape index (κ2) is 13.3. The largest absolute Gasteiger partial charge is 0.493 e. The lowest BCUT2D eigenvalue weighted by molar-refractivity contribution is -0.147. The molecule has 0 bridgehead atoms. The van der Waals surface area contributed by atoms with Crippen LogP contribution in [0.2, 0.25) is 0 Å². The molecule has 0 aliphatic heterocycles. The lowest BCUT2D eigenvalue weighted by Gasteiger charge is -2.20. The van der Waals surface area contributed by atoms with Crippen LogP contribution in [0.25, 0.3) is 10.8 Å². The fourth-order valence-electron chi connectivity index (χ4n) is 3.46. The summed E-state index contributed by atoms with van der Waals surface area (Å²) >= 11 is 0. The summed E-state index contributed by atoms with van der Waals surface area (Å²) in [7, 11) is 0. The van der Waals surface area contributed by atoms with Crippen molar-refractivity contribution in [1.29, 1.82) is 0 Å². The van der Waals surface area contributed by atoms with Gasteiger partial charge in [-0.05, 0) is 37.6 Å². The molecule has 0 saturated carbocycles. The molecular formula is C29H34O5. The summed E-state index contributed by atoms with van der Waals surface area (Å²) in [6.45, 7) is 8.49. The number of hydrogen-bond acceptors (Lipinski definition) is 5. The molecule has 3 rings (SSSR count). The van der Waals surface area contributed by atoms with E-state index < -0.39 is 12.1 Å². The van der Waals surface area contributed by atoms with E-state index in [2.05, 4.69) is 13.5 Å². The Hall–Kier alpha value is -3.47. The van der Waals surface area contributed by atoms with Crippen molar-refractivity contribution < 1.29 is 23.7 Å². The lowest BCUT2D eigenvalue weighted by Crippen LogP contribution is -2.31. The van der Waals surface area contributed by atoms with E-state index in [-0.39, 0.29) is 13.2 Å². The van der Waals surface area contributed by atoms with Gasteiger partial charge in [-0.1, -0.05) is 75.2 Å². The number of unbranched alkanes of at least 4 members (excludes halogenated alkanes) is 3. The molecule has 0 aliphatic rings. The molecule has 0 heterocycles. The summed E-state index contributed by atoms with van der Waals surface area (Å²) in [5.74, 6) is 1.77. The van der Waals surface area contributed by atoms with Crippen LogP contribution in [0, 0.1) is 0 Å². The van der Waals surface area contributed by atoms with E-state index in [1.54, 1.807) is 6.92 Å². The van der Waals surface area contributed by atoms with Crippen LogP contribution in [0.1, 0.15) is 39.5 Å². The van der Waals surface area contributed by atoms with Gasteiger partial charge in [-0.3, -0.25) is 0 Å². The minimum Gasteiger partial charge on any atom is -0.493 e. The highest BCUT2D eigenvalue weighted by molar-refractivity contribution is 5.93. The molecule has 1 unspecified atom stereocenters. The van der Waals surface area contributed by atoms with Crippen LogP contribution in [0.4, 0.5) is 0 Å². The van der Waals surface area contributed by atoms with E-state index in [9.17, 15) is 4.79 Å². The molecule has 5 heteroatoms. The normalized spacial score (nSPS) is 11.6. The Balaban J connectivity index is 1.69. The highest BCUT2D eigenvalue weighted by atomic mass is 16.6. The van der Waals surface area contributed by atoms with Crippen LogP contribution < -0.4 is 14.2 Å². The first kappa shape index (κ1) is 25.2. The van der Waals surface area contributed by atoms with Gasteiger partial charge in [0.15, 0.2) is 6.10 Å². The van der Waals surface area contributed by atoms with Crippen molar-refractivity contribution >= 4 is 16.7 Å². The van der Waals surface area contributed by atoms with E-state index in [4.69, 9.17) is 18.9 Å². The summed E-state index contributed by atoms with van der Waals surface area (Å²) < 4.78 is 23.6. The van der Waals surface area contributed by atoms with Crippen molar-refractivity contribution in [1.82, 2.24) is 0 Å². The number of hydrogen-bond donors (Lipinski definition) is 0. The van der Waals surface area contributed by atoms with Crippen LogP contribution in [-0.4, -0.2) is 31.9 Å². The van der Waals surface area contributed by atoms with Gasteiger partial charge in [0.1, 0.15) is 30.5 Å². The van der Waals surface area contributed by atoms with Gasteiger partial charge < -0.3 is 18.9 Å². The molecule has 0 spiro atoms. The van der Waals surface area contributed by atoms with Gasteiger partial charge in [0.05, 0.1) is 6.61 Å². The second-order valence-electron chi connectivity index (χ2n) is 8.26. The molecule has 0 fully saturated rings. The monoisotopic (exact) mass is 462 g/mol. The summed E-state index contributed by atoms with van der Waals surface area (Å²) in [5, 5.41) is 1.94. The minimum atomic E-state index is -0.599. The number of benzene rings is 3. The third-order valence-corrected chi connectivity index (χ3v) is 5.33. The van der Waals surface area contributed by atoms with Gasteiger partial charge in [0.25, 0.3) is 0 Å². The molecule has 34 heavy (non-hydrogen) atoms. The number of para-hydroxylation sites is 1. The molecule has 0 aromatic heterocycles. The molecule has 0 aliphatic carbocycles. The van der Waals surface area contributed by atoms with E-state index in [0.717, 1.165) is 22.9 Å². The van der Waals surface area contributed by atoms with Crippen LogP contribution in [0.3, 0.4) is 0 Å². The Kier molecular flexibility index (Phi) is 9.83. The third kappa shape index (κ3) is 7.55. The average Bonchev–Trinajstić information content (AvgIpc) is 2.86. The van der Waals surface area contributed by atoms with E-state index >= 15 is 0 Å². The van der Waals surface area contributed by atoms with Crippen LogP contribution >= 0.6 is 0 Å². The van der Waals surface area contributed by atoms with Gasteiger partial charge >= 0.3 is 5.97 Å². The average molecular weight is 463 g/mol. The van der Waals surface area contributed by atoms with Gasteiger partial charge in [0.2, 0.25) is 0 Å². The first-order valence-corrected chi connectivity index (χ1v) is 11.9. The predicted molar refractivity (Wildman–Crippen MR) is 136 cm³/mol. The van der Waals surface area contributed by atoms with Gasteiger partial charge in [-0.15, -0.1) is 0 Å². The molecule has 0 N–H and O–H groups in total. The Morgan fingerprint density at radius 3 is 2.06 bits per heavy atom. The number of ether oxygens (including phenoxy) is 4. The maximum absolute atomic E-state index is 12.1. The Morgan fingerprint density at radius 1 is 0.794 bits per heavy atom. The number of carbonyl (C=O) groups is 1. The van der Waals surface area contributed by atoms with Crippen LogP contribution in [-0.2, 0) is 9.53 Å². The standard InChI is InChI=1S/C29H34O5/c1-4-5-6-12-19-31-27-17-18-28(26-16-11-10-15-25(26)27)33-21-24(34-29(30)22(2)3)20-32-23-13-8-7-9-14-23/h7-11,13-18,24H,2,4-6,12,19-21H2,1,3H3. The van der Waals surface area contributed by atoms with Crippen molar-refractivity contribution in [2.75, 3.05) is 19.8 Å². The highest BCUT2D eigenvalue weighted by Gasteiger charge is 2.18. The second-order valence-corrected chi connectivity index (χ2v) is 8.26. The van der Waals surface area contributed by atoms with Crippen molar-refractivity contribution in [3.63, 3.8) is 0 Å². The summed E-state index contributed by atoms with van der Waals surface area (Å²) in [6.07, 6.45) is 4.04. The lowest BCUT2D eigenvalue weighted by atomic mass is 10.1. The number of carbonyl (C=O) groups excluding carboxylic acids is 1. The van der Waals surface area contributed by atoms with Crippen molar-refractivity contribution in [3.05, 3.63) is 78.9 Å². The van der Waals surface area contributed by atoms with Crippen LogP contribution in [0.5, 0.6) is 17.2 Å². The van der Waals surface area contributed by atoms with E-state index in [1.807, 2.05) is 66.7 Å². The maximum Gasteiger partial charge on any atom is 0.333 e. The minimum absolute atomic E-state index is 0.146. The highest BCUT2D eigenvalue weighted by Crippen LogP contribution is 2.33. The molecule has 1 atom stereocenters. The zero-order valence-electron chi connectivity index (χ0n) is 20.1. The molecule has 3 aromatic carbocycles. The Bertz CT molecular complexity index is 1060. The van der Waals surface area contributed by atoms with Crippen molar-refractivity contribution in [3.8, 4) is 17.2 Å². The van der Waals surface area contributed by atoms with Gasteiger partial charge in [0, 0.05) is 16.3 Å². The SMILES string of the molecule is C=C(C)C(=O)OC(COc1ccccc1)COc1ccc(OCCCCCC)c2ccccc12. The predicted octanol–water partition coefficient (Wildman–Crippen LogP) is 6.74. The van der Waals surface area contributed by atoms with Gasteiger partial charge in [-0.2, -0.15) is 0 Å². The molecule has 0 radical (unpaired) electrons. The van der Waals surface area contributed by atoms with E-state index in [0.29, 0.717) is 23.7 Å². The fraction of sp³-hybridized carbons (Fsp3) is 0.345. The third-order valence-electron chi connectivity index (χ3n) is 5.33. The fourth-order valence-corrected chi connectivity index (χ4v) is 3.46. The van der Waals surface area contributed by atoms with Gasteiger partial charge in [-0.25, -0.2) is 4.79 Å².